The molecule has 0 aliphatic rings. The monoisotopic (exact) mass is 144 g/mol. The molecule has 1 unspecified atom stereocenters. The van der Waals surface area contributed by atoms with Crippen LogP contribution < -0.4 is 0 Å². The van der Waals surface area contributed by atoms with E-state index in [0.717, 1.165) is 6.08 Å². The number of carboxylic acid groups (broad SMARTS) is 1. The number of aliphatic carboxylic acids is 1. The molecule has 10 heavy (non-hydrogen) atoms. The number of aliphatic hydroxyl groups is 1. The molecule has 1 atom stereocenters. The molecule has 0 aliphatic carbocycles. The van der Waals surface area contributed by atoms with Gasteiger partial charge in [0.1, 0.15) is 0 Å². The highest BCUT2D eigenvalue weighted by molar-refractivity contribution is 5.79. The average molecular weight is 144 g/mol. The van der Waals surface area contributed by atoms with Crippen LogP contribution in [0.1, 0.15) is 13.3 Å². The molecular weight excluding hydrogens is 132 g/mol. The maximum absolute atomic E-state index is 9.96. The lowest BCUT2D eigenvalue weighted by atomic mass is 10.1. The van der Waals surface area contributed by atoms with Gasteiger partial charge >= 0.3 is 5.97 Å². The minimum Gasteiger partial charge on any atom is -0.478 e. The third kappa shape index (κ3) is 5.31. The van der Waals surface area contributed by atoms with E-state index in [-0.39, 0.29) is 12.5 Å². The Bertz CT molecular complexity index is 129. The van der Waals surface area contributed by atoms with E-state index >= 15 is 0 Å². The van der Waals surface area contributed by atoms with Crippen molar-refractivity contribution in [3.63, 3.8) is 0 Å². The molecule has 0 aromatic heterocycles. The number of hydrogen-bond donors (Lipinski definition) is 2. The molecule has 0 heterocycles. The average Bonchev–Trinajstić information content (AvgIpc) is 1.85. The summed E-state index contributed by atoms with van der Waals surface area (Å²) >= 11 is 0. The van der Waals surface area contributed by atoms with E-state index in [2.05, 4.69) is 0 Å². The first-order chi connectivity index (χ1) is 4.66. The van der Waals surface area contributed by atoms with Gasteiger partial charge in [-0.15, -0.1) is 0 Å². The van der Waals surface area contributed by atoms with Crippen molar-refractivity contribution in [1.29, 1.82) is 0 Å². The van der Waals surface area contributed by atoms with E-state index < -0.39 is 5.97 Å². The Balaban J connectivity index is 3.55. The van der Waals surface area contributed by atoms with Gasteiger partial charge in [-0.3, -0.25) is 0 Å². The molecule has 58 valence electrons. The van der Waals surface area contributed by atoms with E-state index in [1.807, 2.05) is 6.92 Å². The first-order valence-corrected chi connectivity index (χ1v) is 3.18. The summed E-state index contributed by atoms with van der Waals surface area (Å²) in [7, 11) is 0. The Morgan fingerprint density at radius 2 is 2.30 bits per heavy atom. The third-order valence-corrected chi connectivity index (χ3v) is 1.15. The van der Waals surface area contributed by atoms with E-state index in [1.54, 1.807) is 6.08 Å². The number of aliphatic hydroxyl groups excluding tert-OH is 1. The molecule has 0 saturated carbocycles. The summed E-state index contributed by atoms with van der Waals surface area (Å²) in [4.78, 5) is 9.96. The van der Waals surface area contributed by atoms with Crippen LogP contribution in [0.15, 0.2) is 12.2 Å². The standard InChI is InChI=1S/C7H12O3/c1-6(4-5-8)2-3-7(9)10/h2-3,6,8H,4-5H2,1H3,(H,9,10). The molecule has 3 nitrogen and oxygen atoms in total. The molecule has 0 spiro atoms. The highest BCUT2D eigenvalue weighted by Crippen LogP contribution is 2.01. The molecule has 0 saturated heterocycles. The Labute approximate surface area is 60.0 Å². The van der Waals surface area contributed by atoms with Gasteiger partial charge in [0.15, 0.2) is 0 Å². The Kier molecular flexibility index (Phi) is 4.58. The Morgan fingerprint density at radius 1 is 1.70 bits per heavy atom. The van der Waals surface area contributed by atoms with E-state index in [0.29, 0.717) is 6.42 Å². The summed E-state index contributed by atoms with van der Waals surface area (Å²) in [6, 6.07) is 0. The second-order valence-electron chi connectivity index (χ2n) is 2.19. The molecule has 0 aromatic carbocycles. The maximum Gasteiger partial charge on any atom is 0.327 e. The zero-order valence-corrected chi connectivity index (χ0v) is 5.95. The fraction of sp³-hybridized carbons (Fsp3) is 0.571. The summed E-state index contributed by atoms with van der Waals surface area (Å²) < 4.78 is 0. The van der Waals surface area contributed by atoms with Gasteiger partial charge in [-0.05, 0) is 12.3 Å². The predicted molar refractivity (Wildman–Crippen MR) is 37.6 cm³/mol. The summed E-state index contributed by atoms with van der Waals surface area (Å²) in [5.41, 5.74) is 0. The van der Waals surface area contributed by atoms with Gasteiger partial charge in [-0.25, -0.2) is 4.79 Å². The second-order valence-corrected chi connectivity index (χ2v) is 2.19. The van der Waals surface area contributed by atoms with Gasteiger partial charge < -0.3 is 10.2 Å². The van der Waals surface area contributed by atoms with Crippen LogP contribution in [-0.2, 0) is 4.79 Å². The second kappa shape index (κ2) is 4.99. The van der Waals surface area contributed by atoms with Crippen LogP contribution >= 0.6 is 0 Å². The minimum atomic E-state index is -0.940. The largest absolute Gasteiger partial charge is 0.478 e. The Hall–Kier alpha value is -0.830. The van der Waals surface area contributed by atoms with Crippen molar-refractivity contribution in [1.82, 2.24) is 0 Å². The van der Waals surface area contributed by atoms with Crippen molar-refractivity contribution < 1.29 is 15.0 Å². The van der Waals surface area contributed by atoms with E-state index in [9.17, 15) is 4.79 Å². The van der Waals surface area contributed by atoms with Crippen LogP contribution in [0.2, 0.25) is 0 Å². The first kappa shape index (κ1) is 9.17. The fourth-order valence-corrected chi connectivity index (χ4v) is 0.546. The smallest absolute Gasteiger partial charge is 0.327 e. The molecule has 0 bridgehead atoms. The molecule has 3 heteroatoms. The normalized spacial score (nSPS) is 13.8. The van der Waals surface area contributed by atoms with Crippen LogP contribution in [0.4, 0.5) is 0 Å². The summed E-state index contributed by atoms with van der Waals surface area (Å²) in [5, 5.41) is 16.6. The molecule has 0 fully saturated rings. The molecule has 0 aromatic rings. The van der Waals surface area contributed by atoms with E-state index in [4.69, 9.17) is 10.2 Å². The van der Waals surface area contributed by atoms with Gasteiger partial charge in [0.2, 0.25) is 0 Å². The summed E-state index contributed by atoms with van der Waals surface area (Å²) in [6.07, 6.45) is 3.28. The quantitative estimate of drug-likeness (QED) is 0.569. The van der Waals surface area contributed by atoms with Crippen LogP contribution in [0.3, 0.4) is 0 Å². The predicted octanol–water partition coefficient (Wildman–Crippen LogP) is 0.646. The third-order valence-electron chi connectivity index (χ3n) is 1.15. The van der Waals surface area contributed by atoms with E-state index in [1.165, 1.54) is 0 Å². The topological polar surface area (TPSA) is 57.5 Å². The lowest BCUT2D eigenvalue weighted by Gasteiger charge is -1.99. The highest BCUT2D eigenvalue weighted by Gasteiger charge is 1.95. The van der Waals surface area contributed by atoms with Crippen LogP contribution in [0.25, 0.3) is 0 Å². The van der Waals surface area contributed by atoms with Gasteiger partial charge in [0, 0.05) is 12.7 Å². The van der Waals surface area contributed by atoms with Crippen molar-refractivity contribution in [2.24, 2.45) is 5.92 Å². The molecule has 2 N–H and O–H groups in total. The molecule has 0 radical (unpaired) electrons. The van der Waals surface area contributed by atoms with Crippen molar-refractivity contribution in [3.05, 3.63) is 12.2 Å². The minimum absolute atomic E-state index is 0.102. The maximum atomic E-state index is 9.96. The van der Waals surface area contributed by atoms with Gasteiger partial charge in [-0.1, -0.05) is 13.0 Å². The first-order valence-electron chi connectivity index (χ1n) is 3.18. The van der Waals surface area contributed by atoms with Crippen molar-refractivity contribution in [3.8, 4) is 0 Å². The highest BCUT2D eigenvalue weighted by atomic mass is 16.4. The zero-order chi connectivity index (χ0) is 7.98. The zero-order valence-electron chi connectivity index (χ0n) is 5.95. The fourth-order valence-electron chi connectivity index (χ4n) is 0.546. The summed E-state index contributed by atoms with van der Waals surface area (Å²) in [5.74, 6) is -0.800. The van der Waals surface area contributed by atoms with Crippen molar-refractivity contribution in [2.45, 2.75) is 13.3 Å². The van der Waals surface area contributed by atoms with Crippen LogP contribution in [0.5, 0.6) is 0 Å². The number of allylic oxidation sites excluding steroid dienone is 1. The van der Waals surface area contributed by atoms with Gasteiger partial charge in [0.05, 0.1) is 0 Å². The lowest BCUT2D eigenvalue weighted by Crippen LogP contribution is -1.95. The van der Waals surface area contributed by atoms with Crippen LogP contribution in [0, 0.1) is 5.92 Å². The summed E-state index contributed by atoms with van der Waals surface area (Å²) in [6.45, 7) is 1.96. The number of rotatable bonds is 4. The molecular formula is C7H12O3. The van der Waals surface area contributed by atoms with Crippen LogP contribution in [-0.4, -0.2) is 22.8 Å². The lowest BCUT2D eigenvalue weighted by molar-refractivity contribution is -0.131. The number of hydrogen-bond acceptors (Lipinski definition) is 2. The number of carbonyl (C=O) groups is 1. The molecule has 0 amide bonds. The van der Waals surface area contributed by atoms with Gasteiger partial charge in [0.25, 0.3) is 0 Å². The Morgan fingerprint density at radius 3 is 2.70 bits per heavy atom. The number of carboxylic acids is 1. The van der Waals surface area contributed by atoms with Gasteiger partial charge in [-0.2, -0.15) is 0 Å². The van der Waals surface area contributed by atoms with Crippen molar-refractivity contribution in [2.75, 3.05) is 6.61 Å². The molecule has 0 rings (SSSR count). The van der Waals surface area contributed by atoms with Crippen molar-refractivity contribution >= 4 is 5.97 Å². The molecule has 0 aliphatic heterocycles. The SMILES string of the molecule is CC(C=CC(=O)O)CCO.